The molecule has 0 aliphatic carbocycles. The summed E-state index contributed by atoms with van der Waals surface area (Å²) in [6.45, 7) is 6.98. The molecule has 0 spiro atoms. The van der Waals surface area contributed by atoms with Crippen LogP contribution >= 0.6 is 0 Å². The Bertz CT molecular complexity index is 440. The third kappa shape index (κ3) is 2.22. The number of nitrogens with zero attached hydrogens (tertiary/aromatic N) is 1. The molecule has 1 aromatic carbocycles. The van der Waals surface area contributed by atoms with Gasteiger partial charge in [0.1, 0.15) is 0 Å². The van der Waals surface area contributed by atoms with Gasteiger partial charge in [0.2, 0.25) is 0 Å². The first-order valence-corrected chi connectivity index (χ1v) is 6.51. The summed E-state index contributed by atoms with van der Waals surface area (Å²) in [5, 5.41) is 0. The van der Waals surface area contributed by atoms with Gasteiger partial charge < -0.3 is 9.64 Å². The lowest BCUT2D eigenvalue weighted by atomic mass is 9.92. The van der Waals surface area contributed by atoms with Gasteiger partial charge in [0.15, 0.2) is 5.60 Å². The molecule has 0 aromatic heterocycles. The Morgan fingerprint density at radius 1 is 1.39 bits per heavy atom. The molecule has 18 heavy (non-hydrogen) atoms. The number of amides is 1. The summed E-state index contributed by atoms with van der Waals surface area (Å²) in [4.78, 5) is 13.1. The summed E-state index contributed by atoms with van der Waals surface area (Å²) in [5.74, 6) is 0.570. The second kappa shape index (κ2) is 4.63. The van der Waals surface area contributed by atoms with Crippen LogP contribution in [0.1, 0.15) is 44.2 Å². The van der Waals surface area contributed by atoms with Crippen LogP contribution in [0, 0.1) is 0 Å². The van der Waals surface area contributed by atoms with Crippen LogP contribution in [0.4, 0.5) is 4.79 Å². The van der Waals surface area contributed by atoms with Gasteiger partial charge in [0.05, 0.1) is 6.54 Å². The lowest BCUT2D eigenvalue weighted by molar-refractivity contribution is 0.0701. The molecule has 1 heterocycles. The first-order chi connectivity index (χ1) is 8.46. The zero-order valence-corrected chi connectivity index (χ0v) is 11.6. The largest absolute Gasteiger partial charge is 0.436 e. The maximum absolute atomic E-state index is 11.5. The van der Waals surface area contributed by atoms with Gasteiger partial charge >= 0.3 is 6.09 Å². The van der Waals surface area contributed by atoms with E-state index >= 15 is 0 Å². The molecular formula is C15H21NO2. The van der Waals surface area contributed by atoms with E-state index in [4.69, 9.17) is 4.74 Å². The zero-order chi connectivity index (χ0) is 13.3. The van der Waals surface area contributed by atoms with Gasteiger partial charge in [-0.15, -0.1) is 0 Å². The second-order valence-corrected chi connectivity index (χ2v) is 5.39. The smallest absolute Gasteiger partial charge is 0.410 e. The molecule has 0 N–H and O–H groups in total. The molecule has 2 rings (SSSR count). The highest BCUT2D eigenvalue weighted by atomic mass is 16.6. The van der Waals surface area contributed by atoms with Gasteiger partial charge in [0.25, 0.3) is 0 Å². The van der Waals surface area contributed by atoms with Crippen molar-refractivity contribution >= 4 is 6.09 Å². The first kappa shape index (κ1) is 12.9. The lowest BCUT2D eigenvalue weighted by Gasteiger charge is -2.22. The molecule has 1 aliphatic rings. The van der Waals surface area contributed by atoms with Crippen LogP contribution in [0.25, 0.3) is 0 Å². The average Bonchev–Trinajstić information content (AvgIpc) is 2.63. The first-order valence-electron chi connectivity index (χ1n) is 6.51. The molecule has 1 fully saturated rings. The third-order valence-corrected chi connectivity index (χ3v) is 3.87. The number of likely N-dealkylation sites (N-methyl/N-ethyl adjacent to an activating group) is 1. The predicted octanol–water partition coefficient (Wildman–Crippen LogP) is 3.50. The molecule has 3 heteroatoms. The Hall–Kier alpha value is -1.51. The molecule has 2 atom stereocenters. The lowest BCUT2D eigenvalue weighted by Crippen LogP contribution is -2.27. The SMILES string of the molecule is CCC(C)c1ccc(C2(C)CN(C)C(=O)O2)cc1. The molecule has 0 saturated carbocycles. The zero-order valence-electron chi connectivity index (χ0n) is 11.6. The highest BCUT2D eigenvalue weighted by Crippen LogP contribution is 2.33. The Morgan fingerprint density at radius 2 is 2.00 bits per heavy atom. The molecule has 2 unspecified atom stereocenters. The summed E-state index contributed by atoms with van der Waals surface area (Å²) >= 11 is 0. The molecule has 1 aliphatic heterocycles. The van der Waals surface area contributed by atoms with Gasteiger partial charge in [-0.1, -0.05) is 38.1 Å². The number of benzene rings is 1. The number of ether oxygens (including phenoxy) is 1. The van der Waals surface area contributed by atoms with Gasteiger partial charge in [-0.3, -0.25) is 0 Å². The Labute approximate surface area is 109 Å². The number of carbonyl (C=O) groups is 1. The quantitative estimate of drug-likeness (QED) is 0.818. The monoisotopic (exact) mass is 247 g/mol. The van der Waals surface area contributed by atoms with Crippen LogP contribution in [-0.2, 0) is 10.3 Å². The van der Waals surface area contributed by atoms with Crippen LogP contribution in [-0.4, -0.2) is 24.6 Å². The fraction of sp³-hybridized carbons (Fsp3) is 0.533. The number of cyclic esters (lactones) is 1. The molecule has 0 radical (unpaired) electrons. The maximum Gasteiger partial charge on any atom is 0.410 e. The van der Waals surface area contributed by atoms with Crippen molar-refractivity contribution in [1.29, 1.82) is 0 Å². The minimum absolute atomic E-state index is 0.247. The molecule has 0 bridgehead atoms. The summed E-state index contributed by atoms with van der Waals surface area (Å²) in [6.07, 6.45) is 0.887. The number of rotatable bonds is 3. The number of carbonyl (C=O) groups excluding carboxylic acids is 1. The number of hydrogen-bond donors (Lipinski definition) is 0. The molecule has 1 aromatic rings. The summed E-state index contributed by atoms with van der Waals surface area (Å²) in [6, 6.07) is 8.43. The van der Waals surface area contributed by atoms with E-state index in [2.05, 4.69) is 38.1 Å². The fourth-order valence-electron chi connectivity index (χ4n) is 2.37. The Kier molecular flexibility index (Phi) is 3.33. The van der Waals surface area contributed by atoms with Crippen molar-refractivity contribution in [3.63, 3.8) is 0 Å². The van der Waals surface area contributed by atoms with Crippen LogP contribution in [0.3, 0.4) is 0 Å². The van der Waals surface area contributed by atoms with Crippen molar-refractivity contribution < 1.29 is 9.53 Å². The van der Waals surface area contributed by atoms with Crippen LogP contribution in [0.5, 0.6) is 0 Å². The van der Waals surface area contributed by atoms with Crippen LogP contribution in [0.2, 0.25) is 0 Å². The fourth-order valence-corrected chi connectivity index (χ4v) is 2.37. The van der Waals surface area contributed by atoms with Crippen molar-refractivity contribution in [2.75, 3.05) is 13.6 Å². The van der Waals surface area contributed by atoms with E-state index in [1.165, 1.54) is 5.56 Å². The van der Waals surface area contributed by atoms with Gasteiger partial charge in [-0.2, -0.15) is 0 Å². The highest BCUT2D eigenvalue weighted by Gasteiger charge is 2.40. The van der Waals surface area contributed by atoms with Crippen LogP contribution in [0.15, 0.2) is 24.3 Å². The van der Waals surface area contributed by atoms with Gasteiger partial charge in [-0.25, -0.2) is 4.79 Å². The van der Waals surface area contributed by atoms with Gasteiger partial charge in [0, 0.05) is 7.05 Å². The Morgan fingerprint density at radius 3 is 2.44 bits per heavy atom. The topological polar surface area (TPSA) is 29.5 Å². The second-order valence-electron chi connectivity index (χ2n) is 5.39. The van der Waals surface area contributed by atoms with Crippen molar-refractivity contribution in [1.82, 2.24) is 4.90 Å². The van der Waals surface area contributed by atoms with E-state index in [0.717, 1.165) is 12.0 Å². The normalized spacial score (nSPS) is 25.1. The van der Waals surface area contributed by atoms with E-state index in [9.17, 15) is 4.79 Å². The van der Waals surface area contributed by atoms with Crippen molar-refractivity contribution in [3.05, 3.63) is 35.4 Å². The third-order valence-electron chi connectivity index (χ3n) is 3.87. The minimum Gasteiger partial charge on any atom is -0.436 e. The average molecular weight is 247 g/mol. The van der Waals surface area contributed by atoms with Crippen LogP contribution < -0.4 is 0 Å². The van der Waals surface area contributed by atoms with Crippen molar-refractivity contribution in [2.45, 2.75) is 38.7 Å². The highest BCUT2D eigenvalue weighted by molar-refractivity contribution is 5.70. The summed E-state index contributed by atoms with van der Waals surface area (Å²) < 4.78 is 5.46. The molecule has 3 nitrogen and oxygen atoms in total. The molecule has 98 valence electrons. The summed E-state index contributed by atoms with van der Waals surface area (Å²) in [5.41, 5.74) is 1.88. The molecular weight excluding hydrogens is 226 g/mol. The Balaban J connectivity index is 2.22. The number of hydrogen-bond acceptors (Lipinski definition) is 2. The molecule has 1 saturated heterocycles. The van der Waals surface area contributed by atoms with Crippen molar-refractivity contribution in [3.8, 4) is 0 Å². The predicted molar refractivity (Wildman–Crippen MR) is 71.6 cm³/mol. The standard InChI is InChI=1S/C15H21NO2/c1-5-11(2)12-6-8-13(9-7-12)15(3)10-16(4)14(17)18-15/h6-9,11H,5,10H2,1-4H3. The van der Waals surface area contributed by atoms with E-state index in [-0.39, 0.29) is 6.09 Å². The maximum atomic E-state index is 11.5. The van der Waals surface area contributed by atoms with E-state index in [0.29, 0.717) is 12.5 Å². The van der Waals surface area contributed by atoms with Crippen molar-refractivity contribution in [2.24, 2.45) is 0 Å². The minimum atomic E-state index is -0.514. The van der Waals surface area contributed by atoms with Gasteiger partial charge in [-0.05, 0) is 30.4 Å². The van der Waals surface area contributed by atoms with E-state index < -0.39 is 5.60 Å². The van der Waals surface area contributed by atoms with E-state index in [1.807, 2.05) is 6.92 Å². The van der Waals surface area contributed by atoms with E-state index in [1.54, 1.807) is 11.9 Å². The molecule has 1 amide bonds. The summed E-state index contributed by atoms with van der Waals surface area (Å²) in [7, 11) is 1.76.